The van der Waals surface area contributed by atoms with E-state index in [1.807, 2.05) is 6.92 Å². The van der Waals surface area contributed by atoms with Gasteiger partial charge in [0.1, 0.15) is 11.3 Å². The summed E-state index contributed by atoms with van der Waals surface area (Å²) in [5.41, 5.74) is 0.488. The lowest BCUT2D eigenvalue weighted by Gasteiger charge is -2.21. The molecule has 1 N–H and O–H groups in total. The van der Waals surface area contributed by atoms with Crippen LogP contribution in [0.15, 0.2) is 6.20 Å². The maximum Gasteiger partial charge on any atom is 0.341 e. The van der Waals surface area contributed by atoms with Crippen LogP contribution < -0.4 is 5.32 Å². The van der Waals surface area contributed by atoms with Gasteiger partial charge >= 0.3 is 5.97 Å². The Balaban J connectivity index is 0.00000128. The number of carbonyl (C=O) groups is 2. The maximum atomic E-state index is 11.6. The van der Waals surface area contributed by atoms with Gasteiger partial charge in [-0.05, 0) is 6.92 Å². The molecule has 0 fully saturated rings. The quantitative estimate of drug-likeness (QED) is 0.709. The molecular formula is C9H13N3O3S. The number of methoxy groups -OCH3 is 1. The summed E-state index contributed by atoms with van der Waals surface area (Å²) in [6.07, 6.45) is 1.36. The fraction of sp³-hybridized carbons (Fsp3) is 0.444. The minimum atomic E-state index is -0.541. The van der Waals surface area contributed by atoms with Crippen molar-refractivity contribution in [3.05, 3.63) is 17.5 Å². The topological polar surface area (TPSA) is 73.2 Å². The van der Waals surface area contributed by atoms with Crippen LogP contribution in [0.2, 0.25) is 0 Å². The fourth-order valence-corrected chi connectivity index (χ4v) is 1.59. The number of fused-ring (bicyclic) bond motifs is 1. The third-order valence-corrected chi connectivity index (χ3v) is 2.39. The number of nitrogens with one attached hydrogen (secondary N) is 1. The van der Waals surface area contributed by atoms with Gasteiger partial charge in [-0.15, -0.1) is 0 Å². The minimum absolute atomic E-state index is 0. The molecule has 1 aliphatic heterocycles. The Morgan fingerprint density at radius 2 is 2.38 bits per heavy atom. The van der Waals surface area contributed by atoms with Crippen LogP contribution in [0.3, 0.4) is 0 Å². The van der Waals surface area contributed by atoms with E-state index in [1.165, 1.54) is 13.3 Å². The molecule has 1 atom stereocenters. The molecule has 2 rings (SSSR count). The molecule has 0 saturated carbocycles. The molecule has 6 nitrogen and oxygen atoms in total. The zero-order valence-electron chi connectivity index (χ0n) is 8.98. The normalized spacial score (nSPS) is 18.1. The van der Waals surface area contributed by atoms with Gasteiger partial charge in [0.2, 0.25) is 0 Å². The smallest absolute Gasteiger partial charge is 0.341 e. The van der Waals surface area contributed by atoms with Crippen molar-refractivity contribution < 1.29 is 14.3 Å². The monoisotopic (exact) mass is 243 g/mol. The van der Waals surface area contributed by atoms with E-state index in [4.69, 9.17) is 0 Å². The first-order valence-electron chi connectivity index (χ1n) is 4.59. The van der Waals surface area contributed by atoms with Crippen LogP contribution in [0, 0.1) is 0 Å². The number of aromatic nitrogens is 2. The van der Waals surface area contributed by atoms with Gasteiger partial charge < -0.3 is 10.1 Å². The molecule has 88 valence electrons. The molecule has 2 heterocycles. The summed E-state index contributed by atoms with van der Waals surface area (Å²) in [6.45, 7) is 2.44. The number of nitrogens with zero attached hydrogens (tertiary/aromatic N) is 2. The van der Waals surface area contributed by atoms with Gasteiger partial charge in [-0.25, -0.2) is 4.79 Å². The van der Waals surface area contributed by atoms with Gasteiger partial charge in [0.15, 0.2) is 0 Å². The minimum Gasteiger partial charge on any atom is -0.465 e. The van der Waals surface area contributed by atoms with Gasteiger partial charge in [-0.1, -0.05) is 0 Å². The Labute approximate surface area is 99.4 Å². The second-order valence-corrected chi connectivity index (χ2v) is 3.40. The second-order valence-electron chi connectivity index (χ2n) is 3.40. The SMILES string of the molecule is COC(=O)c1cnn2c1C(=O)NC[C@@H]2C.S. The highest BCUT2D eigenvalue weighted by Gasteiger charge is 2.29. The molecule has 0 unspecified atom stereocenters. The average molecular weight is 243 g/mol. The first kappa shape index (κ1) is 12.6. The third kappa shape index (κ3) is 1.78. The van der Waals surface area contributed by atoms with E-state index < -0.39 is 5.97 Å². The van der Waals surface area contributed by atoms with Crippen LogP contribution >= 0.6 is 13.5 Å². The van der Waals surface area contributed by atoms with E-state index >= 15 is 0 Å². The lowest BCUT2D eigenvalue weighted by molar-refractivity contribution is 0.0595. The molecule has 1 amide bonds. The molecule has 0 aromatic carbocycles. The fourth-order valence-electron chi connectivity index (χ4n) is 1.59. The summed E-state index contributed by atoms with van der Waals surface area (Å²) in [6, 6.07) is 0.0520. The predicted molar refractivity (Wildman–Crippen MR) is 61.0 cm³/mol. The van der Waals surface area contributed by atoms with Gasteiger partial charge in [0.25, 0.3) is 5.91 Å². The second kappa shape index (κ2) is 4.56. The summed E-state index contributed by atoms with van der Waals surface area (Å²) in [5.74, 6) is -0.827. The number of amides is 1. The highest BCUT2D eigenvalue weighted by atomic mass is 32.1. The summed E-state index contributed by atoms with van der Waals surface area (Å²) in [5, 5.41) is 6.70. The molecule has 16 heavy (non-hydrogen) atoms. The van der Waals surface area contributed by atoms with E-state index in [0.29, 0.717) is 6.54 Å². The van der Waals surface area contributed by atoms with Gasteiger partial charge in [0.05, 0.1) is 19.3 Å². The van der Waals surface area contributed by atoms with Gasteiger partial charge in [-0.3, -0.25) is 9.48 Å². The van der Waals surface area contributed by atoms with Crippen LogP contribution in [-0.2, 0) is 4.74 Å². The van der Waals surface area contributed by atoms with E-state index in [9.17, 15) is 9.59 Å². The number of hydrogen-bond acceptors (Lipinski definition) is 4. The van der Waals surface area contributed by atoms with Crippen molar-refractivity contribution in [2.75, 3.05) is 13.7 Å². The number of carbonyl (C=O) groups excluding carboxylic acids is 2. The van der Waals surface area contributed by atoms with E-state index in [0.717, 1.165) is 0 Å². The van der Waals surface area contributed by atoms with Crippen LogP contribution in [0.1, 0.15) is 33.8 Å². The summed E-state index contributed by atoms with van der Waals surface area (Å²) in [4.78, 5) is 22.9. The van der Waals surface area contributed by atoms with Crippen molar-refractivity contribution in [1.82, 2.24) is 15.1 Å². The lowest BCUT2D eigenvalue weighted by atomic mass is 10.2. The van der Waals surface area contributed by atoms with Crippen LogP contribution in [0.25, 0.3) is 0 Å². The molecule has 1 aromatic rings. The number of ether oxygens (including phenoxy) is 1. The first-order valence-corrected chi connectivity index (χ1v) is 4.59. The van der Waals surface area contributed by atoms with Crippen molar-refractivity contribution >= 4 is 25.4 Å². The molecule has 0 spiro atoms. The molecule has 0 radical (unpaired) electrons. The van der Waals surface area contributed by atoms with Crippen LogP contribution in [0.5, 0.6) is 0 Å². The summed E-state index contributed by atoms with van der Waals surface area (Å²) in [7, 11) is 1.27. The Kier molecular flexibility index (Phi) is 3.58. The largest absolute Gasteiger partial charge is 0.465 e. The highest BCUT2D eigenvalue weighted by molar-refractivity contribution is 7.59. The zero-order chi connectivity index (χ0) is 11.0. The molecule has 1 aliphatic rings. The standard InChI is InChI=1S/C9H11N3O3.H2S/c1-5-3-10-8(13)7-6(9(14)15-2)4-11-12(5)7;/h4-5H,3H2,1-2H3,(H,10,13);1H2/t5-;/m0./s1. The van der Waals surface area contributed by atoms with E-state index in [2.05, 4.69) is 15.2 Å². The Hall–Kier alpha value is -1.50. The molecule has 0 aliphatic carbocycles. The van der Waals surface area contributed by atoms with Crippen molar-refractivity contribution in [1.29, 1.82) is 0 Å². The average Bonchev–Trinajstić information content (AvgIpc) is 2.68. The number of esters is 1. The van der Waals surface area contributed by atoms with E-state index in [-0.39, 0.29) is 36.7 Å². The Morgan fingerprint density at radius 3 is 3.00 bits per heavy atom. The Morgan fingerprint density at radius 1 is 1.69 bits per heavy atom. The molecular weight excluding hydrogens is 230 g/mol. The van der Waals surface area contributed by atoms with Crippen molar-refractivity contribution in [2.45, 2.75) is 13.0 Å². The molecule has 1 aromatic heterocycles. The summed E-state index contributed by atoms with van der Waals surface area (Å²) < 4.78 is 6.12. The van der Waals surface area contributed by atoms with Crippen LogP contribution in [0.4, 0.5) is 0 Å². The molecule has 7 heteroatoms. The third-order valence-electron chi connectivity index (χ3n) is 2.39. The Bertz CT molecular complexity index is 430. The number of rotatable bonds is 1. The predicted octanol–water partition coefficient (Wildman–Crippen LogP) is 0.0869. The highest BCUT2D eigenvalue weighted by Crippen LogP contribution is 2.18. The zero-order valence-corrected chi connectivity index (χ0v) is 9.98. The van der Waals surface area contributed by atoms with Gasteiger partial charge in [-0.2, -0.15) is 18.6 Å². The summed E-state index contributed by atoms with van der Waals surface area (Å²) >= 11 is 0. The van der Waals surface area contributed by atoms with Gasteiger partial charge in [0, 0.05) is 6.54 Å². The lowest BCUT2D eigenvalue weighted by Crippen LogP contribution is -2.39. The molecule has 0 saturated heterocycles. The maximum absolute atomic E-state index is 11.6. The van der Waals surface area contributed by atoms with Crippen molar-refractivity contribution in [3.63, 3.8) is 0 Å². The first-order chi connectivity index (χ1) is 7.15. The number of hydrogen-bond donors (Lipinski definition) is 1. The van der Waals surface area contributed by atoms with Crippen LogP contribution in [-0.4, -0.2) is 35.3 Å². The molecule has 0 bridgehead atoms. The van der Waals surface area contributed by atoms with Crippen molar-refractivity contribution in [3.8, 4) is 0 Å². The van der Waals surface area contributed by atoms with E-state index in [1.54, 1.807) is 4.68 Å². The van der Waals surface area contributed by atoms with Crippen molar-refractivity contribution in [2.24, 2.45) is 0 Å².